The fraction of sp³-hybridized carbons (Fsp3) is 0.649. The molecular weight excluding hydrogens is 1750 g/mol. The van der Waals surface area contributed by atoms with Crippen LogP contribution < -0.4 is 28.4 Å². The van der Waals surface area contributed by atoms with Crippen LogP contribution in [-0.4, -0.2) is 251 Å². The molecule has 0 aliphatic heterocycles. The second kappa shape index (κ2) is 84.2. The number of thioether (sulfide) groups is 2. The molecule has 0 radical (unpaired) electrons. The zero-order valence-electron chi connectivity index (χ0n) is 87.5. The average molecular weight is 1930 g/mol. The van der Waals surface area contributed by atoms with Gasteiger partial charge in [-0.3, -0.25) is 14.4 Å². The average Bonchev–Trinajstić information content (AvgIpc) is 0.911. The minimum Gasteiger partial charge on any atom is -0.490 e. The molecule has 0 fully saturated rings. The van der Waals surface area contributed by atoms with Gasteiger partial charge in [0.05, 0.1) is 145 Å². The maximum atomic E-state index is 11.9. The molecule has 0 aliphatic rings. The molecule has 768 valence electrons. The van der Waals surface area contributed by atoms with Crippen LogP contribution in [0.5, 0.6) is 34.5 Å². The summed E-state index contributed by atoms with van der Waals surface area (Å²) in [5.41, 5.74) is 8.10. The highest BCUT2D eigenvalue weighted by Gasteiger charge is 2.16. The Morgan fingerprint density at radius 1 is 0.237 bits per heavy atom. The number of ketones is 3. The van der Waals surface area contributed by atoms with Crippen molar-refractivity contribution >= 4 is 40.9 Å². The van der Waals surface area contributed by atoms with E-state index in [2.05, 4.69) is 175 Å². The number of methoxy groups -OCH3 is 4. The SMILES string of the molecule is CCC(C)c1ccc(OC(C)CC(=O)CCOCCC(C)=O)cc1.CCC(C)c1ccc(OC(C)COCCOC)cc1.CCC(C)c1ccc(OC(C)COCCOCCC(C)=O)cc1.CCC(C)c1ccc(OC(C)COCCOCCOC)cc1.CCC(C)c1ccc(OC(C)COCCOCCOCCOC)cc1.CCC(C)c1ccc(OC(C)CSCCSCCOC)cc1. The van der Waals surface area contributed by atoms with E-state index >= 15 is 0 Å². The summed E-state index contributed by atoms with van der Waals surface area (Å²) < 4.78 is 104. The molecule has 0 heterocycles. The van der Waals surface area contributed by atoms with Crippen molar-refractivity contribution in [3.8, 4) is 34.5 Å². The van der Waals surface area contributed by atoms with E-state index in [0.29, 0.717) is 200 Å². The minimum atomic E-state index is -0.163. The molecule has 6 aromatic rings. The van der Waals surface area contributed by atoms with Crippen LogP contribution in [0.4, 0.5) is 0 Å². The fourth-order valence-electron chi connectivity index (χ4n) is 12.3. The largest absolute Gasteiger partial charge is 0.490 e. The molecule has 22 nitrogen and oxygen atoms in total. The minimum absolute atomic E-state index is 0.00632. The predicted octanol–water partition coefficient (Wildman–Crippen LogP) is 24.3. The maximum absolute atomic E-state index is 11.9. The molecule has 0 saturated heterocycles. The van der Waals surface area contributed by atoms with Crippen LogP contribution in [0.15, 0.2) is 146 Å². The number of carbonyl (C=O) groups is 3. The molecule has 0 aromatic heterocycles. The van der Waals surface area contributed by atoms with Crippen molar-refractivity contribution in [3.63, 3.8) is 0 Å². The van der Waals surface area contributed by atoms with Crippen LogP contribution in [0.1, 0.15) is 272 Å². The lowest BCUT2D eigenvalue weighted by atomic mass is 9.99. The van der Waals surface area contributed by atoms with Crippen molar-refractivity contribution in [2.45, 2.75) is 275 Å². The van der Waals surface area contributed by atoms with Crippen molar-refractivity contribution in [1.29, 1.82) is 0 Å². The van der Waals surface area contributed by atoms with Crippen molar-refractivity contribution < 1.29 is 104 Å². The Morgan fingerprint density at radius 2 is 0.444 bits per heavy atom. The van der Waals surface area contributed by atoms with Crippen LogP contribution in [0.2, 0.25) is 0 Å². The fourth-order valence-corrected chi connectivity index (χ4v) is 14.3. The monoisotopic (exact) mass is 1930 g/mol. The van der Waals surface area contributed by atoms with E-state index < -0.39 is 0 Å². The third-order valence-electron chi connectivity index (χ3n) is 22.0. The van der Waals surface area contributed by atoms with Gasteiger partial charge in [0.2, 0.25) is 0 Å². The first-order valence-corrected chi connectivity index (χ1v) is 51.8. The molecule has 0 aliphatic carbocycles. The van der Waals surface area contributed by atoms with Crippen LogP contribution in [0, 0.1) is 0 Å². The first-order chi connectivity index (χ1) is 65.1. The van der Waals surface area contributed by atoms with E-state index in [4.69, 9.17) is 90.0 Å². The molecular formula is C111H180O22S2. The predicted molar refractivity (Wildman–Crippen MR) is 556 cm³/mol. The zero-order valence-corrected chi connectivity index (χ0v) is 89.2. The lowest BCUT2D eigenvalue weighted by molar-refractivity contribution is -0.121. The molecule has 135 heavy (non-hydrogen) atoms. The Balaban J connectivity index is 0.000000811. The molecule has 12 unspecified atom stereocenters. The van der Waals surface area contributed by atoms with Crippen molar-refractivity contribution in [3.05, 3.63) is 179 Å². The lowest BCUT2D eigenvalue weighted by Gasteiger charge is -2.16. The van der Waals surface area contributed by atoms with Crippen molar-refractivity contribution in [1.82, 2.24) is 0 Å². The first-order valence-electron chi connectivity index (χ1n) is 49.5. The van der Waals surface area contributed by atoms with Crippen LogP contribution in [-0.2, 0) is 76.0 Å². The normalized spacial score (nSPS) is 13.7. The number of benzene rings is 6. The van der Waals surface area contributed by atoms with Gasteiger partial charge in [0.15, 0.2) is 0 Å². The van der Waals surface area contributed by atoms with Gasteiger partial charge in [-0.2, -0.15) is 23.5 Å². The van der Waals surface area contributed by atoms with Gasteiger partial charge < -0.3 is 90.0 Å². The number of hydrogen-bond acceptors (Lipinski definition) is 24. The Kier molecular flexibility index (Phi) is 78.8. The quantitative estimate of drug-likeness (QED) is 0.0323. The molecule has 0 amide bonds. The number of rotatable bonds is 72. The smallest absolute Gasteiger partial charge is 0.138 e. The second-order valence-corrected chi connectivity index (χ2v) is 36.6. The Morgan fingerprint density at radius 3 is 0.696 bits per heavy atom. The summed E-state index contributed by atoms with van der Waals surface area (Å²) in [6.07, 6.45) is 8.62. The summed E-state index contributed by atoms with van der Waals surface area (Å²) in [4.78, 5) is 33.4. The van der Waals surface area contributed by atoms with Gasteiger partial charge >= 0.3 is 0 Å². The second-order valence-electron chi connectivity index (χ2n) is 34.3. The van der Waals surface area contributed by atoms with Crippen LogP contribution in [0.3, 0.4) is 0 Å². The van der Waals surface area contributed by atoms with E-state index in [-0.39, 0.29) is 54.0 Å². The number of hydrogen-bond donors (Lipinski definition) is 0. The van der Waals surface area contributed by atoms with E-state index in [1.165, 1.54) is 58.2 Å². The summed E-state index contributed by atoms with van der Waals surface area (Å²) in [5, 5.41) is 0. The number of Topliss-reactive ketones (excluding diaryl/α,β-unsaturated/α-hetero) is 3. The molecule has 0 saturated carbocycles. The van der Waals surface area contributed by atoms with Gasteiger partial charge in [-0.15, -0.1) is 0 Å². The molecule has 12 atom stereocenters. The molecule has 0 N–H and O–H groups in total. The topological polar surface area (TPSA) is 227 Å². The highest BCUT2D eigenvalue weighted by molar-refractivity contribution is 8.02. The first kappa shape index (κ1) is 126. The summed E-state index contributed by atoms with van der Waals surface area (Å²) in [7, 11) is 6.74. The Hall–Kier alpha value is -6.69. The number of ether oxygens (including phenoxy) is 19. The van der Waals surface area contributed by atoms with Gasteiger partial charge in [-0.1, -0.05) is 156 Å². The third-order valence-corrected chi connectivity index (χ3v) is 24.4. The summed E-state index contributed by atoms with van der Waals surface area (Å²) in [6, 6.07) is 50.0. The summed E-state index contributed by atoms with van der Waals surface area (Å²) >= 11 is 3.92. The Labute approximate surface area is 825 Å². The van der Waals surface area contributed by atoms with Gasteiger partial charge in [0, 0.05) is 77.1 Å². The standard InChI is InChI=1S/C20H34O5.C20H30O4.C19H30O4.C18H30O4.C18H30O2S2.C16H26O3/c1-5-17(2)19-6-8-20(9-7-19)25-18(3)16-24-15-14-23-13-12-22-11-10-21-4;1-5-15(2)18-6-8-20(9-7-18)24-17(4)14-19(22)11-13-23-12-10-16(3)21;1-5-15(2)18-6-8-19(9-7-18)23-17(4)14-22-13-12-21-11-10-16(3)20;1-5-15(2)17-6-8-18(9-7-17)22-16(3)14-21-13-12-20-11-10-19-4;1-5-15(2)17-6-8-18(9-7-17)20-16(3)14-22-13-12-21-11-10-19-4;1-5-13(2)15-6-8-16(9-7-15)19-14(3)12-18-11-10-17-4/h6-9,17-18H,5,10-16H2,1-4H3;6-9,15,17H,5,10-14H2,1-4H3;6-9,15,17H,5,10-14H2,1-4H3;2*6-9,15-16H,5,10-14H2,1-4H3;6-9,13-14H,5,10-12H2,1-4H3. The van der Waals surface area contributed by atoms with Gasteiger partial charge in [0.25, 0.3) is 0 Å². The van der Waals surface area contributed by atoms with Crippen LogP contribution >= 0.6 is 23.5 Å². The van der Waals surface area contributed by atoms with E-state index in [1.807, 2.05) is 119 Å². The summed E-state index contributed by atoms with van der Waals surface area (Å²) in [5.74, 6) is 13.7. The third kappa shape index (κ3) is 68.1. The lowest BCUT2D eigenvalue weighted by Crippen LogP contribution is -2.21. The molecule has 6 rings (SSSR count). The van der Waals surface area contributed by atoms with Gasteiger partial charge in [-0.25, -0.2) is 0 Å². The Bertz CT molecular complexity index is 3640. The maximum Gasteiger partial charge on any atom is 0.138 e. The van der Waals surface area contributed by atoms with E-state index in [1.54, 1.807) is 35.4 Å². The molecule has 0 bridgehead atoms. The highest BCUT2D eigenvalue weighted by atomic mass is 32.2. The molecule has 6 aromatic carbocycles. The summed E-state index contributed by atoms with van der Waals surface area (Å²) in [6.45, 7) is 54.1. The number of carbonyl (C=O) groups excluding carboxylic acids is 3. The zero-order chi connectivity index (χ0) is 99.9. The van der Waals surface area contributed by atoms with E-state index in [9.17, 15) is 14.4 Å². The van der Waals surface area contributed by atoms with Crippen molar-refractivity contribution in [2.75, 3.05) is 197 Å². The molecule has 24 heteroatoms. The molecule has 0 spiro atoms. The van der Waals surface area contributed by atoms with Crippen LogP contribution in [0.25, 0.3) is 0 Å². The highest BCUT2D eigenvalue weighted by Crippen LogP contribution is 2.29. The van der Waals surface area contributed by atoms with Crippen molar-refractivity contribution in [2.24, 2.45) is 0 Å². The van der Waals surface area contributed by atoms with Gasteiger partial charge in [0.1, 0.15) is 88.5 Å². The van der Waals surface area contributed by atoms with Gasteiger partial charge in [-0.05, 0) is 236 Å². The van der Waals surface area contributed by atoms with E-state index in [0.717, 1.165) is 84.7 Å².